The Morgan fingerprint density at radius 3 is 2.50 bits per heavy atom. The quantitative estimate of drug-likeness (QED) is 0.635. The van der Waals surface area contributed by atoms with Crippen molar-refractivity contribution in [2.45, 2.75) is 31.7 Å². The predicted octanol–water partition coefficient (Wildman–Crippen LogP) is 0.965. The van der Waals surface area contributed by atoms with Gasteiger partial charge < -0.3 is 9.57 Å². The lowest BCUT2D eigenvalue weighted by atomic mass is 10.0. The van der Waals surface area contributed by atoms with Crippen LogP contribution in [0, 0.1) is 5.92 Å². The van der Waals surface area contributed by atoms with Crippen molar-refractivity contribution in [2.75, 3.05) is 20.3 Å². The highest BCUT2D eigenvalue weighted by molar-refractivity contribution is 5.72. The highest BCUT2D eigenvalue weighted by atomic mass is 16.7. The van der Waals surface area contributed by atoms with Crippen molar-refractivity contribution in [3.8, 4) is 0 Å². The van der Waals surface area contributed by atoms with Gasteiger partial charge in [-0.2, -0.15) is 0 Å². The number of hydrogen-bond acceptors (Lipinski definition) is 4. The third-order valence-corrected chi connectivity index (χ3v) is 2.85. The summed E-state index contributed by atoms with van der Waals surface area (Å²) in [6.45, 7) is 1.37. The van der Waals surface area contributed by atoms with Gasteiger partial charge in [0.05, 0.1) is 5.92 Å². The van der Waals surface area contributed by atoms with Crippen LogP contribution in [0.15, 0.2) is 0 Å². The Bertz CT molecular complexity index is 209. The molecule has 2 aliphatic rings. The average molecular weight is 199 g/mol. The van der Waals surface area contributed by atoms with E-state index in [1.807, 2.05) is 7.05 Å². The summed E-state index contributed by atoms with van der Waals surface area (Å²) in [5.41, 5.74) is 0. The van der Waals surface area contributed by atoms with E-state index in [-0.39, 0.29) is 11.9 Å². The Labute approximate surface area is 84.1 Å². The van der Waals surface area contributed by atoms with Crippen LogP contribution in [-0.2, 0) is 14.4 Å². The molecule has 2 rings (SSSR count). The van der Waals surface area contributed by atoms with E-state index in [0.29, 0.717) is 19.3 Å². The molecule has 1 saturated carbocycles. The molecule has 0 radical (unpaired) electrons. The van der Waals surface area contributed by atoms with Crippen LogP contribution in [0.1, 0.15) is 25.7 Å². The van der Waals surface area contributed by atoms with Gasteiger partial charge in [-0.05, 0) is 25.7 Å². The van der Waals surface area contributed by atoms with Crippen LogP contribution in [0.2, 0.25) is 0 Å². The summed E-state index contributed by atoms with van der Waals surface area (Å²) in [4.78, 5) is 16.9. The Morgan fingerprint density at radius 1 is 1.29 bits per heavy atom. The van der Waals surface area contributed by atoms with Gasteiger partial charge in [0.25, 0.3) is 0 Å². The van der Waals surface area contributed by atoms with Crippen molar-refractivity contribution in [2.24, 2.45) is 5.92 Å². The first kappa shape index (κ1) is 9.93. The molecular formula is C10H17NO3. The summed E-state index contributed by atoms with van der Waals surface area (Å²) in [5, 5.41) is 1.71. The third kappa shape index (κ3) is 2.45. The zero-order chi connectivity index (χ0) is 9.97. The largest absolute Gasteiger partial charge is 0.381 e. The highest BCUT2D eigenvalue weighted by Gasteiger charge is 2.31. The normalized spacial score (nSPS) is 23.9. The van der Waals surface area contributed by atoms with Crippen molar-refractivity contribution in [1.82, 2.24) is 5.06 Å². The van der Waals surface area contributed by atoms with Crippen molar-refractivity contribution >= 4 is 5.97 Å². The van der Waals surface area contributed by atoms with E-state index >= 15 is 0 Å². The summed E-state index contributed by atoms with van der Waals surface area (Å²) >= 11 is 0. The van der Waals surface area contributed by atoms with Gasteiger partial charge in [-0.15, -0.1) is 5.06 Å². The van der Waals surface area contributed by atoms with Crippen LogP contribution in [0.4, 0.5) is 0 Å². The molecule has 0 amide bonds. The molecule has 0 unspecified atom stereocenters. The van der Waals surface area contributed by atoms with Gasteiger partial charge in [-0.1, -0.05) is 0 Å². The third-order valence-electron chi connectivity index (χ3n) is 2.85. The van der Waals surface area contributed by atoms with E-state index in [1.54, 1.807) is 5.06 Å². The summed E-state index contributed by atoms with van der Waals surface area (Å²) in [7, 11) is 1.84. The summed E-state index contributed by atoms with van der Waals surface area (Å²) < 4.78 is 5.19. The van der Waals surface area contributed by atoms with Crippen molar-refractivity contribution in [3.63, 3.8) is 0 Å². The minimum Gasteiger partial charge on any atom is -0.381 e. The molecule has 14 heavy (non-hydrogen) atoms. The topological polar surface area (TPSA) is 38.8 Å². The molecule has 4 heteroatoms. The fraction of sp³-hybridized carbons (Fsp3) is 0.900. The van der Waals surface area contributed by atoms with E-state index in [9.17, 15) is 4.79 Å². The number of carbonyl (C=O) groups excluding carboxylic acids is 1. The highest BCUT2D eigenvalue weighted by Crippen LogP contribution is 2.26. The lowest BCUT2D eigenvalue weighted by Gasteiger charge is -2.23. The first-order chi connectivity index (χ1) is 6.77. The predicted molar refractivity (Wildman–Crippen MR) is 50.4 cm³/mol. The molecular weight excluding hydrogens is 182 g/mol. The van der Waals surface area contributed by atoms with Crippen LogP contribution in [-0.4, -0.2) is 37.3 Å². The SMILES string of the molecule is CN(OC(=O)C1CCOCC1)C1CC1. The fourth-order valence-electron chi connectivity index (χ4n) is 1.66. The zero-order valence-electron chi connectivity index (χ0n) is 8.57. The molecule has 0 aromatic heterocycles. The first-order valence-corrected chi connectivity index (χ1v) is 5.30. The molecule has 0 N–H and O–H groups in total. The maximum Gasteiger partial charge on any atom is 0.328 e. The number of nitrogens with zero attached hydrogens (tertiary/aromatic N) is 1. The molecule has 4 nitrogen and oxygen atoms in total. The molecule has 1 aliphatic carbocycles. The molecule has 0 spiro atoms. The molecule has 0 aromatic rings. The van der Waals surface area contributed by atoms with E-state index in [1.165, 1.54) is 0 Å². The zero-order valence-corrected chi connectivity index (χ0v) is 8.57. The number of carbonyl (C=O) groups is 1. The monoisotopic (exact) mass is 199 g/mol. The van der Waals surface area contributed by atoms with Crippen molar-refractivity contribution in [3.05, 3.63) is 0 Å². The van der Waals surface area contributed by atoms with Gasteiger partial charge in [0, 0.05) is 26.3 Å². The number of ether oxygens (including phenoxy) is 1. The smallest absolute Gasteiger partial charge is 0.328 e. The van der Waals surface area contributed by atoms with E-state index < -0.39 is 0 Å². The van der Waals surface area contributed by atoms with Crippen LogP contribution in [0.25, 0.3) is 0 Å². The molecule has 1 aliphatic heterocycles. The standard InChI is InChI=1S/C10H17NO3/c1-11(9-2-3-9)14-10(12)8-4-6-13-7-5-8/h8-9H,2-7H2,1H3. The number of rotatable bonds is 3. The van der Waals surface area contributed by atoms with Gasteiger partial charge >= 0.3 is 5.97 Å². The Morgan fingerprint density at radius 2 is 1.93 bits per heavy atom. The van der Waals surface area contributed by atoms with Crippen molar-refractivity contribution in [1.29, 1.82) is 0 Å². The molecule has 0 aromatic carbocycles. The van der Waals surface area contributed by atoms with Gasteiger partial charge in [0.2, 0.25) is 0 Å². The van der Waals surface area contributed by atoms with Crippen LogP contribution in [0.5, 0.6) is 0 Å². The maximum absolute atomic E-state index is 11.6. The number of hydroxylamine groups is 2. The lowest BCUT2D eigenvalue weighted by Crippen LogP contribution is -2.32. The molecule has 0 bridgehead atoms. The Balaban J connectivity index is 1.75. The van der Waals surface area contributed by atoms with E-state index in [0.717, 1.165) is 25.7 Å². The van der Waals surface area contributed by atoms with Gasteiger partial charge in [0.1, 0.15) is 0 Å². The molecule has 80 valence electrons. The summed E-state index contributed by atoms with van der Waals surface area (Å²) in [6, 6.07) is 0.471. The Kier molecular flexibility index (Phi) is 3.03. The molecule has 2 fully saturated rings. The summed E-state index contributed by atoms with van der Waals surface area (Å²) in [6.07, 6.45) is 3.91. The minimum atomic E-state index is -0.0808. The number of hydrogen-bond donors (Lipinski definition) is 0. The molecule has 0 atom stereocenters. The molecule has 1 saturated heterocycles. The molecule has 1 heterocycles. The van der Waals surface area contributed by atoms with Gasteiger partial charge in [-0.3, -0.25) is 4.79 Å². The van der Waals surface area contributed by atoms with E-state index in [2.05, 4.69) is 0 Å². The summed E-state index contributed by atoms with van der Waals surface area (Å²) in [5.74, 6) is -0.0346. The van der Waals surface area contributed by atoms with Crippen molar-refractivity contribution < 1.29 is 14.4 Å². The average Bonchev–Trinajstić information content (AvgIpc) is 3.02. The van der Waals surface area contributed by atoms with Crippen LogP contribution < -0.4 is 0 Å². The second-order valence-electron chi connectivity index (χ2n) is 4.07. The van der Waals surface area contributed by atoms with E-state index in [4.69, 9.17) is 9.57 Å². The Hall–Kier alpha value is -0.610. The minimum absolute atomic E-state index is 0.0462. The second-order valence-corrected chi connectivity index (χ2v) is 4.07. The fourth-order valence-corrected chi connectivity index (χ4v) is 1.66. The maximum atomic E-state index is 11.6. The van der Waals surface area contributed by atoms with Crippen LogP contribution >= 0.6 is 0 Å². The van der Waals surface area contributed by atoms with Gasteiger partial charge in [0.15, 0.2) is 0 Å². The lowest BCUT2D eigenvalue weighted by molar-refractivity contribution is -0.194. The first-order valence-electron chi connectivity index (χ1n) is 5.30. The van der Waals surface area contributed by atoms with Crippen LogP contribution in [0.3, 0.4) is 0 Å². The van der Waals surface area contributed by atoms with Gasteiger partial charge in [-0.25, -0.2) is 0 Å². The second kappa shape index (κ2) is 4.28.